The van der Waals surface area contributed by atoms with Crippen molar-refractivity contribution in [3.05, 3.63) is 160 Å². The third-order valence-corrected chi connectivity index (χ3v) is 15.2. The molecule has 0 saturated carbocycles. The average molecular weight is 1550 g/mol. The first-order valence-corrected chi connectivity index (χ1v) is 38.5. The van der Waals surface area contributed by atoms with E-state index in [1.807, 2.05) is 210 Å². The maximum atomic E-state index is 12.7. The van der Waals surface area contributed by atoms with Crippen LogP contribution in [0.1, 0.15) is 234 Å². The molecule has 0 saturated heterocycles. The maximum absolute atomic E-state index is 12.7. The highest BCUT2D eigenvalue weighted by atomic mass is 16.5. The van der Waals surface area contributed by atoms with Crippen LogP contribution in [-0.4, -0.2) is 134 Å². The predicted molar refractivity (Wildman–Crippen MR) is 453 cm³/mol. The molecular formula is C88H136N14O10. The first kappa shape index (κ1) is 98.7. The number of hydrogen-bond donors (Lipinski definition) is 10. The Balaban J connectivity index is 0.000000479. The lowest BCUT2D eigenvalue weighted by molar-refractivity contribution is -0.125. The monoisotopic (exact) mass is 1550 g/mol. The molecule has 0 spiro atoms. The van der Waals surface area contributed by atoms with E-state index in [1.165, 1.54) is 0 Å². The Hall–Kier alpha value is -9.37. The van der Waals surface area contributed by atoms with E-state index >= 15 is 0 Å². The van der Waals surface area contributed by atoms with Crippen molar-refractivity contribution < 1.29 is 48.5 Å². The van der Waals surface area contributed by atoms with E-state index in [1.54, 1.807) is 36.4 Å². The lowest BCUT2D eigenvalue weighted by Gasteiger charge is -2.31. The van der Waals surface area contributed by atoms with Gasteiger partial charge in [0.2, 0.25) is 23.6 Å². The molecule has 112 heavy (non-hydrogen) atoms. The molecule has 0 fully saturated rings. The summed E-state index contributed by atoms with van der Waals surface area (Å²) in [6, 6.07) is 34.4. The third-order valence-electron chi connectivity index (χ3n) is 15.2. The van der Waals surface area contributed by atoms with E-state index in [2.05, 4.69) is 131 Å². The zero-order chi connectivity index (χ0) is 85.4. The molecule has 6 rings (SSSR count). The summed E-state index contributed by atoms with van der Waals surface area (Å²) in [7, 11) is 0. The van der Waals surface area contributed by atoms with Crippen molar-refractivity contribution in [1.29, 1.82) is 0 Å². The number of ether oxygens (including phenoxy) is 2. The van der Waals surface area contributed by atoms with Crippen LogP contribution < -0.4 is 56.9 Å². The van der Waals surface area contributed by atoms with E-state index in [4.69, 9.17) is 21.4 Å². The number of anilines is 1. The van der Waals surface area contributed by atoms with E-state index in [0.29, 0.717) is 57.6 Å². The number of benzene rings is 5. The number of carbonyl (C=O) groups is 6. The summed E-state index contributed by atoms with van der Waals surface area (Å²) in [6.45, 7) is 56.2. The molecule has 4 atom stereocenters. The summed E-state index contributed by atoms with van der Waals surface area (Å²) in [5, 5.41) is 54.3. The number of amides is 8. The second-order valence-corrected chi connectivity index (χ2v) is 37.4. The molecule has 0 bridgehead atoms. The van der Waals surface area contributed by atoms with Gasteiger partial charge in [-0.1, -0.05) is 96.8 Å². The number of aromatic hydroxyl groups is 2. The summed E-state index contributed by atoms with van der Waals surface area (Å²) in [4.78, 5) is 76.7. The van der Waals surface area contributed by atoms with Crippen LogP contribution in [0.15, 0.2) is 137 Å². The Morgan fingerprint density at radius 1 is 0.429 bits per heavy atom. The first-order chi connectivity index (χ1) is 51.3. The number of azide groups is 1. The normalized spacial score (nSPS) is 13.7. The summed E-state index contributed by atoms with van der Waals surface area (Å²) < 4.78 is 11.3. The summed E-state index contributed by atoms with van der Waals surface area (Å²) in [5.41, 5.74) is 12.4. The van der Waals surface area contributed by atoms with Gasteiger partial charge in [0.15, 0.2) is 0 Å². The lowest BCUT2D eigenvalue weighted by atomic mass is 9.87. The van der Waals surface area contributed by atoms with Gasteiger partial charge < -0.3 is 62.2 Å². The topological polar surface area (TPSA) is 334 Å². The standard InChI is InChI=1S/C22H34N2O2.C20H33N5O2.2C17H28N2O2.C12H13N3O2/c1-8-9-10-15-26-18-13-11-17(12-14-18)16-19(23-21(2,3)4)20(25)24-22(5,6)7;1-19(2,3)23-17(18(26)24-20(4,5)6)14-15-8-10-16(11-9-15)27-13-7-12-22-25-21;2*1-16(2,3)18-14(15(21)19-17(4,5)6)11-12-7-9-13(20)10-8-12;1-12(2,3)8-4-6-9(7-5-8)15-10(16)13-14-11(15)17/h1,11-14,19,23H,9-10,15-16H2,2-7H3,(H,24,25);8-11,17,23H,7,12-14H2,1-6H3,(H,24,26);2*7-10,14,18,20H,11H2,1-6H3,(H,19,21);4-7H,1-3H3/t19-;17-;2*14-;/m0010./s1. The quantitative estimate of drug-likeness (QED) is 0.00809. The van der Waals surface area contributed by atoms with Crippen LogP contribution in [0, 0.1) is 12.3 Å². The number of hydrogen-bond acceptors (Lipinski definition) is 15. The van der Waals surface area contributed by atoms with Crippen LogP contribution in [-0.2, 0) is 50.3 Å². The Labute approximate surface area is 669 Å². The fourth-order valence-electron chi connectivity index (χ4n) is 10.7. The average Bonchev–Trinajstić information content (AvgIpc) is 1.65. The van der Waals surface area contributed by atoms with Crippen molar-refractivity contribution in [2.75, 3.05) is 24.7 Å². The molecule has 1 aliphatic rings. The maximum Gasteiger partial charge on any atom is 0.375 e. The fourth-order valence-corrected chi connectivity index (χ4v) is 10.7. The van der Waals surface area contributed by atoms with Gasteiger partial charge in [-0.15, -0.1) is 12.3 Å². The Bertz CT molecular complexity index is 3730. The third kappa shape index (κ3) is 45.2. The fraction of sp³-hybridized carbons (Fsp3) is 0.568. The number of azo groups is 1. The molecule has 0 aromatic heterocycles. The Kier molecular flexibility index (Phi) is 38.9. The summed E-state index contributed by atoms with van der Waals surface area (Å²) in [6.07, 6.45) is 9.87. The van der Waals surface area contributed by atoms with E-state index in [0.717, 1.165) is 57.1 Å². The number of phenols is 2. The summed E-state index contributed by atoms with van der Waals surface area (Å²) >= 11 is 0. The smallest absolute Gasteiger partial charge is 0.375 e. The molecule has 10 N–H and O–H groups in total. The van der Waals surface area contributed by atoms with E-state index in [9.17, 15) is 39.0 Å². The predicted octanol–water partition coefficient (Wildman–Crippen LogP) is 16.4. The van der Waals surface area contributed by atoms with Crippen LogP contribution in [0.3, 0.4) is 0 Å². The molecule has 0 radical (unpaired) electrons. The van der Waals surface area contributed by atoms with Crippen LogP contribution in [0.25, 0.3) is 10.4 Å². The van der Waals surface area contributed by atoms with Gasteiger partial charge in [-0.25, -0.2) is 14.5 Å². The molecule has 24 nitrogen and oxygen atoms in total. The molecule has 5 aromatic carbocycles. The number of nitrogens with one attached hydrogen (secondary N) is 8. The second-order valence-electron chi connectivity index (χ2n) is 37.4. The minimum absolute atomic E-state index is 0.00389. The number of nitrogens with zero attached hydrogens (tertiary/aromatic N) is 6. The highest BCUT2D eigenvalue weighted by Gasteiger charge is 2.33. The molecule has 1 heterocycles. The summed E-state index contributed by atoms with van der Waals surface area (Å²) in [5.74, 6) is 4.66. The van der Waals surface area contributed by atoms with E-state index in [-0.39, 0.29) is 109 Å². The second kappa shape index (κ2) is 44.2. The number of imide groups is 1. The highest BCUT2D eigenvalue weighted by Crippen LogP contribution is 2.28. The van der Waals surface area contributed by atoms with Crippen molar-refractivity contribution in [3.63, 3.8) is 0 Å². The van der Waals surface area contributed by atoms with Crippen LogP contribution in [0.5, 0.6) is 23.0 Å². The SMILES string of the molecule is C#CCCCOc1ccc(C[C@H](NC(C)(C)C)C(=O)NC(C)(C)C)cc1.CC(C)(C)NC(=O)[C@@H](Cc1ccc(O)cc1)NC(C)(C)C.CC(C)(C)NC(=O)[C@H](Cc1ccc(O)cc1)NC(C)(C)C.CC(C)(C)NC(=O)[C@H](Cc1ccc(OCCCN=[N+]=[N-])cc1)NC(C)(C)C.CC(C)(C)c1ccc(N2C(=O)N=NC2=O)cc1. The zero-order valence-corrected chi connectivity index (χ0v) is 72.3. The van der Waals surface area contributed by atoms with Gasteiger partial charge in [0.1, 0.15) is 23.0 Å². The number of phenolic OH excluding ortho intramolecular Hbond substituents is 2. The molecule has 24 heteroatoms. The van der Waals surface area contributed by atoms with Gasteiger partial charge in [0.25, 0.3) is 0 Å². The van der Waals surface area contributed by atoms with Gasteiger partial charge in [-0.05, 0) is 304 Å². The first-order valence-electron chi connectivity index (χ1n) is 38.5. The van der Waals surface area contributed by atoms with Gasteiger partial charge in [-0.3, -0.25) is 19.2 Å². The van der Waals surface area contributed by atoms with Crippen LogP contribution >= 0.6 is 0 Å². The minimum atomic E-state index is -0.640. The van der Waals surface area contributed by atoms with Crippen molar-refractivity contribution in [1.82, 2.24) is 42.5 Å². The molecule has 1 aliphatic heterocycles. The Morgan fingerprint density at radius 2 is 0.696 bits per heavy atom. The van der Waals surface area contributed by atoms with Gasteiger partial charge in [-0.2, -0.15) is 0 Å². The zero-order valence-electron chi connectivity index (χ0n) is 72.3. The number of urea groups is 2. The van der Waals surface area contributed by atoms with Crippen molar-refractivity contribution >= 4 is 41.4 Å². The van der Waals surface area contributed by atoms with Crippen molar-refractivity contribution in [2.45, 2.75) is 306 Å². The Morgan fingerprint density at radius 3 is 0.938 bits per heavy atom. The number of carbonyl (C=O) groups excluding carboxylic acids is 6. The molecule has 618 valence electrons. The van der Waals surface area contributed by atoms with Gasteiger partial charge >= 0.3 is 12.1 Å². The largest absolute Gasteiger partial charge is 0.508 e. The van der Waals surface area contributed by atoms with Crippen molar-refractivity contribution in [3.8, 4) is 35.3 Å². The van der Waals surface area contributed by atoms with Gasteiger partial charge in [0, 0.05) is 62.2 Å². The molecule has 0 aliphatic carbocycles. The highest BCUT2D eigenvalue weighted by molar-refractivity contribution is 6.17. The minimum Gasteiger partial charge on any atom is -0.508 e. The number of unbranched alkanes of at least 4 members (excludes halogenated alkanes) is 1. The van der Waals surface area contributed by atoms with Gasteiger partial charge in [0.05, 0.1) is 43.1 Å². The molecular weight excluding hydrogens is 1410 g/mol. The lowest BCUT2D eigenvalue weighted by Crippen LogP contribution is -2.56. The van der Waals surface area contributed by atoms with Crippen molar-refractivity contribution in [2.24, 2.45) is 15.3 Å². The molecule has 0 unspecified atom stereocenters. The molecule has 5 aromatic rings. The number of terminal acetylenes is 1. The van der Waals surface area contributed by atoms with Crippen LogP contribution in [0.4, 0.5) is 15.3 Å². The molecule has 8 amide bonds. The number of rotatable bonds is 26. The van der Waals surface area contributed by atoms with E-state index < -0.39 is 12.1 Å². The van der Waals surface area contributed by atoms with Crippen LogP contribution in [0.2, 0.25) is 0 Å².